The van der Waals surface area contributed by atoms with Crippen LogP contribution in [0.15, 0.2) is 18.2 Å². The summed E-state index contributed by atoms with van der Waals surface area (Å²) in [4.78, 5) is 53.0. The average Bonchev–Trinajstić information content (AvgIpc) is 3.22. The monoisotopic (exact) mass is 552 g/mol. The topological polar surface area (TPSA) is 131 Å². The molecule has 1 aromatic rings. The molecule has 1 saturated heterocycles. The number of benzene rings is 1. The van der Waals surface area contributed by atoms with Crippen molar-refractivity contribution in [1.82, 2.24) is 15.1 Å². The van der Waals surface area contributed by atoms with Crippen molar-refractivity contribution in [2.45, 2.75) is 96.0 Å². The molecule has 4 amide bonds. The van der Waals surface area contributed by atoms with E-state index >= 15 is 0 Å². The fourth-order valence-electron chi connectivity index (χ4n) is 5.41. The maximum absolute atomic E-state index is 13.0. The minimum Gasteiger partial charge on any atom is -0.444 e. The van der Waals surface area contributed by atoms with Crippen molar-refractivity contribution >= 4 is 23.8 Å². The Morgan fingerprint density at radius 3 is 2.58 bits per heavy atom. The molecule has 1 unspecified atom stereocenters. The first kappa shape index (κ1) is 29.6. The van der Waals surface area contributed by atoms with Crippen LogP contribution in [0.4, 0.5) is 4.79 Å². The van der Waals surface area contributed by atoms with Gasteiger partial charge in [-0.05, 0) is 70.6 Å². The molecule has 0 radical (unpaired) electrons. The molecule has 40 heavy (non-hydrogen) atoms. The first-order valence-electron chi connectivity index (χ1n) is 14.1. The normalized spacial score (nSPS) is 22.8. The third-order valence-corrected chi connectivity index (χ3v) is 7.46. The molecule has 1 aromatic carbocycles. The van der Waals surface area contributed by atoms with Crippen molar-refractivity contribution in [2.24, 2.45) is 5.73 Å². The number of nitrogens with two attached hydrogens (primary N) is 1. The van der Waals surface area contributed by atoms with Crippen molar-refractivity contribution in [2.75, 3.05) is 19.8 Å². The minimum atomic E-state index is -0.655. The highest BCUT2D eigenvalue weighted by Crippen LogP contribution is 2.29. The molecule has 0 bridgehead atoms. The van der Waals surface area contributed by atoms with E-state index in [1.807, 2.05) is 26.8 Å². The lowest BCUT2D eigenvalue weighted by Gasteiger charge is -2.36. The predicted molar refractivity (Wildman–Crippen MR) is 148 cm³/mol. The van der Waals surface area contributed by atoms with Gasteiger partial charge in [0, 0.05) is 49.1 Å². The summed E-state index contributed by atoms with van der Waals surface area (Å²) in [6.45, 7) is 7.08. The van der Waals surface area contributed by atoms with Gasteiger partial charge in [-0.1, -0.05) is 17.9 Å². The zero-order valence-corrected chi connectivity index (χ0v) is 23.7. The number of imide groups is 1. The van der Waals surface area contributed by atoms with E-state index < -0.39 is 17.6 Å². The Balaban J connectivity index is 1.28. The van der Waals surface area contributed by atoms with Gasteiger partial charge in [-0.3, -0.25) is 19.7 Å². The minimum absolute atomic E-state index is 0.0978. The van der Waals surface area contributed by atoms with Crippen LogP contribution >= 0.6 is 0 Å². The Kier molecular flexibility index (Phi) is 9.48. The summed E-state index contributed by atoms with van der Waals surface area (Å²) in [7, 11) is 0. The van der Waals surface area contributed by atoms with Crippen LogP contribution < -0.4 is 11.1 Å². The Hall–Kier alpha value is -3.42. The van der Waals surface area contributed by atoms with E-state index in [9.17, 15) is 19.2 Å². The number of piperidine rings is 1. The van der Waals surface area contributed by atoms with Crippen LogP contribution in [-0.2, 0) is 25.6 Å². The second-order valence-corrected chi connectivity index (χ2v) is 11.6. The van der Waals surface area contributed by atoms with Gasteiger partial charge in [0.05, 0.1) is 13.2 Å². The van der Waals surface area contributed by atoms with E-state index in [1.165, 1.54) is 4.90 Å². The molecule has 4 rings (SSSR count). The van der Waals surface area contributed by atoms with Gasteiger partial charge in [0.1, 0.15) is 11.6 Å². The van der Waals surface area contributed by atoms with Gasteiger partial charge < -0.3 is 25.0 Å². The summed E-state index contributed by atoms with van der Waals surface area (Å²) >= 11 is 0. The molecule has 3 N–H and O–H groups in total. The third kappa shape index (κ3) is 7.40. The van der Waals surface area contributed by atoms with Crippen LogP contribution in [0.5, 0.6) is 0 Å². The fourth-order valence-corrected chi connectivity index (χ4v) is 5.41. The summed E-state index contributed by atoms with van der Waals surface area (Å²) in [5.41, 5.74) is 7.56. The quantitative estimate of drug-likeness (QED) is 0.302. The number of carbonyl (C=O) groups is 4. The highest BCUT2D eigenvalue weighted by atomic mass is 16.6. The predicted octanol–water partition coefficient (Wildman–Crippen LogP) is 2.71. The Morgan fingerprint density at radius 2 is 1.88 bits per heavy atom. The Morgan fingerprint density at radius 1 is 1.12 bits per heavy atom. The average molecular weight is 553 g/mol. The van der Waals surface area contributed by atoms with Gasteiger partial charge in [-0.25, -0.2) is 4.79 Å². The lowest BCUT2D eigenvalue weighted by Crippen LogP contribution is -2.52. The van der Waals surface area contributed by atoms with Crippen molar-refractivity contribution in [3.63, 3.8) is 0 Å². The van der Waals surface area contributed by atoms with Gasteiger partial charge in [-0.2, -0.15) is 0 Å². The van der Waals surface area contributed by atoms with E-state index in [0.29, 0.717) is 38.2 Å². The number of rotatable bonds is 7. The van der Waals surface area contributed by atoms with Gasteiger partial charge in [0.15, 0.2) is 0 Å². The van der Waals surface area contributed by atoms with Crippen LogP contribution in [0.2, 0.25) is 0 Å². The molecule has 2 aliphatic heterocycles. The standard InChI is InChI=1S/C30H40N4O6/c1-30(2,3)40-29(38)33(22-12-10-21(31)11-13-22)16-18-39-17-5-4-7-20-8-6-9-23-24(20)19-34(28(23)37)25-14-15-26(35)32-27(25)36/h6,8-9,21-22,25H,5,10-19,31H2,1-3H3,(H,32,35,36)/t21-,22-,25?. The highest BCUT2D eigenvalue weighted by Gasteiger charge is 2.39. The van der Waals surface area contributed by atoms with E-state index in [2.05, 4.69) is 17.2 Å². The zero-order chi connectivity index (χ0) is 28.9. The van der Waals surface area contributed by atoms with Crippen molar-refractivity contribution in [1.29, 1.82) is 0 Å². The summed E-state index contributed by atoms with van der Waals surface area (Å²) in [5, 5.41) is 2.32. The SMILES string of the molecule is CC(C)(C)OC(=O)N(CCOCCC#Cc1cccc2c1CN(C1CCC(=O)NC1=O)C2=O)[C@H]1CC[C@H](N)CC1. The second kappa shape index (κ2) is 12.8. The molecular weight excluding hydrogens is 512 g/mol. The number of nitrogens with one attached hydrogen (secondary N) is 1. The van der Waals surface area contributed by atoms with Crippen LogP contribution in [-0.4, -0.2) is 77.1 Å². The van der Waals surface area contributed by atoms with Crippen LogP contribution in [0, 0.1) is 11.8 Å². The maximum atomic E-state index is 13.0. The molecule has 1 aliphatic carbocycles. The maximum Gasteiger partial charge on any atom is 0.410 e. The summed E-state index contributed by atoms with van der Waals surface area (Å²) < 4.78 is 11.4. The molecule has 0 spiro atoms. The summed E-state index contributed by atoms with van der Waals surface area (Å²) in [5.74, 6) is 5.31. The lowest BCUT2D eigenvalue weighted by molar-refractivity contribution is -0.136. The summed E-state index contributed by atoms with van der Waals surface area (Å²) in [6.07, 6.45) is 4.19. The largest absolute Gasteiger partial charge is 0.444 e. The third-order valence-electron chi connectivity index (χ3n) is 7.46. The molecule has 0 aromatic heterocycles. The molecule has 2 fully saturated rings. The molecular formula is C30H40N4O6. The molecule has 1 saturated carbocycles. The second-order valence-electron chi connectivity index (χ2n) is 11.6. The van der Waals surface area contributed by atoms with Crippen LogP contribution in [0.25, 0.3) is 0 Å². The van der Waals surface area contributed by atoms with Gasteiger partial charge >= 0.3 is 6.09 Å². The number of fused-ring (bicyclic) bond motifs is 1. The van der Waals surface area contributed by atoms with E-state index in [1.54, 1.807) is 17.0 Å². The Bertz CT molecular complexity index is 1190. The van der Waals surface area contributed by atoms with E-state index in [0.717, 1.165) is 36.8 Å². The number of amides is 4. The van der Waals surface area contributed by atoms with Crippen molar-refractivity contribution in [3.8, 4) is 11.8 Å². The smallest absolute Gasteiger partial charge is 0.410 e. The number of ether oxygens (including phenoxy) is 2. The lowest BCUT2D eigenvalue weighted by atomic mass is 9.91. The molecule has 216 valence electrons. The van der Waals surface area contributed by atoms with Gasteiger partial charge in [0.25, 0.3) is 5.91 Å². The first-order chi connectivity index (χ1) is 19.0. The first-order valence-corrected chi connectivity index (χ1v) is 14.1. The van der Waals surface area contributed by atoms with Gasteiger partial charge in [-0.15, -0.1) is 0 Å². The summed E-state index contributed by atoms with van der Waals surface area (Å²) in [6, 6.07) is 5.03. The molecule has 10 heteroatoms. The van der Waals surface area contributed by atoms with E-state index in [4.69, 9.17) is 15.2 Å². The zero-order valence-electron chi connectivity index (χ0n) is 23.7. The number of hydrogen-bond donors (Lipinski definition) is 2. The number of nitrogens with zero attached hydrogens (tertiary/aromatic N) is 2. The van der Waals surface area contributed by atoms with Gasteiger partial charge in [0.2, 0.25) is 11.8 Å². The van der Waals surface area contributed by atoms with Crippen LogP contribution in [0.3, 0.4) is 0 Å². The molecule has 3 aliphatic rings. The van der Waals surface area contributed by atoms with Crippen LogP contribution in [0.1, 0.15) is 87.2 Å². The number of hydrogen-bond acceptors (Lipinski definition) is 7. The molecule has 10 nitrogen and oxygen atoms in total. The highest BCUT2D eigenvalue weighted by molar-refractivity contribution is 6.05. The number of carbonyl (C=O) groups excluding carboxylic acids is 4. The van der Waals surface area contributed by atoms with E-state index in [-0.39, 0.29) is 43.0 Å². The molecule has 1 atom stereocenters. The molecule has 2 heterocycles. The fraction of sp³-hybridized carbons (Fsp3) is 0.600. The van der Waals surface area contributed by atoms with Crippen molar-refractivity contribution in [3.05, 3.63) is 34.9 Å². The Labute approximate surface area is 235 Å². The van der Waals surface area contributed by atoms with Crippen molar-refractivity contribution < 1.29 is 28.7 Å².